The van der Waals surface area contributed by atoms with Crippen LogP contribution in [0.15, 0.2) is 24.3 Å². The molecule has 0 aliphatic carbocycles. The minimum absolute atomic E-state index is 0.0764. The molecule has 0 spiro atoms. The Morgan fingerprint density at radius 2 is 1.52 bits per heavy atom. The number of hydrogen-bond acceptors (Lipinski definition) is 6. The van der Waals surface area contributed by atoms with Crippen LogP contribution in [-0.2, 0) is 6.42 Å². The number of nitro groups is 2. The van der Waals surface area contributed by atoms with Crippen molar-refractivity contribution in [1.29, 1.82) is 0 Å². The largest absolute Gasteiger partial charge is 0.507 e. The van der Waals surface area contributed by atoms with Crippen molar-refractivity contribution < 1.29 is 20.1 Å². The molecule has 0 saturated carbocycles. The van der Waals surface area contributed by atoms with Crippen LogP contribution in [0.25, 0.3) is 0 Å². The van der Waals surface area contributed by atoms with Crippen LogP contribution < -0.4 is 0 Å². The molecule has 2 aromatic carbocycles. The first kappa shape index (κ1) is 17.7. The van der Waals surface area contributed by atoms with E-state index >= 15 is 0 Å². The van der Waals surface area contributed by atoms with E-state index in [-0.39, 0.29) is 32.6 Å². The molecular formula is C13H8I2N2O6. The molecule has 0 fully saturated rings. The summed E-state index contributed by atoms with van der Waals surface area (Å²) in [6, 6.07) is 5.14. The normalized spacial score (nSPS) is 10.5. The lowest BCUT2D eigenvalue weighted by molar-refractivity contribution is -0.386. The smallest absolute Gasteiger partial charge is 0.312 e. The van der Waals surface area contributed by atoms with Gasteiger partial charge in [-0.1, -0.05) is 0 Å². The Morgan fingerprint density at radius 1 is 0.913 bits per heavy atom. The van der Waals surface area contributed by atoms with Crippen molar-refractivity contribution in [2.45, 2.75) is 6.42 Å². The molecule has 0 aliphatic heterocycles. The van der Waals surface area contributed by atoms with Crippen molar-refractivity contribution in [1.82, 2.24) is 0 Å². The van der Waals surface area contributed by atoms with Gasteiger partial charge in [0.2, 0.25) is 0 Å². The van der Waals surface area contributed by atoms with Crippen molar-refractivity contribution in [3.63, 3.8) is 0 Å². The lowest BCUT2D eigenvalue weighted by Crippen LogP contribution is -1.98. The summed E-state index contributed by atoms with van der Waals surface area (Å²) in [5.41, 5.74) is -0.251. The van der Waals surface area contributed by atoms with Crippen LogP contribution in [0.2, 0.25) is 0 Å². The molecule has 10 heteroatoms. The van der Waals surface area contributed by atoms with E-state index in [4.69, 9.17) is 0 Å². The lowest BCUT2D eigenvalue weighted by Gasteiger charge is -2.09. The van der Waals surface area contributed by atoms with Crippen LogP contribution in [0, 0.1) is 27.4 Å². The van der Waals surface area contributed by atoms with E-state index in [1.807, 2.05) is 22.6 Å². The number of nitrogens with zero attached hydrogens (tertiary/aromatic N) is 2. The van der Waals surface area contributed by atoms with Gasteiger partial charge in [0.1, 0.15) is 5.75 Å². The number of hydrogen-bond donors (Lipinski definition) is 2. The predicted molar refractivity (Wildman–Crippen MR) is 97.8 cm³/mol. The molecule has 0 atom stereocenters. The number of benzene rings is 2. The van der Waals surface area contributed by atoms with Gasteiger partial charge in [0.25, 0.3) is 5.69 Å². The summed E-state index contributed by atoms with van der Waals surface area (Å²) in [5.74, 6) is -0.673. The Morgan fingerprint density at radius 3 is 2.09 bits per heavy atom. The third-order valence-corrected chi connectivity index (χ3v) is 4.49. The highest BCUT2D eigenvalue weighted by Crippen LogP contribution is 2.36. The van der Waals surface area contributed by atoms with Gasteiger partial charge in [-0.05, 0) is 51.2 Å². The molecule has 0 aromatic heterocycles. The molecule has 120 valence electrons. The van der Waals surface area contributed by atoms with Crippen molar-refractivity contribution >= 4 is 56.6 Å². The van der Waals surface area contributed by atoms with Gasteiger partial charge in [0, 0.05) is 39.3 Å². The Balaban J connectivity index is 2.56. The molecule has 0 amide bonds. The first-order valence-electron chi connectivity index (χ1n) is 6.02. The predicted octanol–water partition coefficient (Wildman–Crippen LogP) is 3.71. The maximum absolute atomic E-state index is 10.9. The fraction of sp³-hybridized carbons (Fsp3) is 0.0769. The fourth-order valence-corrected chi connectivity index (χ4v) is 3.34. The number of nitro benzene ring substituents is 2. The molecular weight excluding hydrogens is 534 g/mol. The number of phenols is 2. The molecule has 2 N–H and O–H groups in total. The average molecular weight is 542 g/mol. The first-order valence-corrected chi connectivity index (χ1v) is 8.18. The molecule has 0 radical (unpaired) electrons. The van der Waals surface area contributed by atoms with Crippen LogP contribution in [0.3, 0.4) is 0 Å². The number of rotatable bonds is 4. The van der Waals surface area contributed by atoms with Gasteiger partial charge in [-0.2, -0.15) is 0 Å². The molecule has 2 rings (SSSR count). The Labute approximate surface area is 156 Å². The molecule has 0 unspecified atom stereocenters. The number of phenolic OH excluding ortho intramolecular Hbond substituents is 2. The number of non-ortho nitro benzene ring substituents is 1. The van der Waals surface area contributed by atoms with E-state index in [0.717, 1.165) is 0 Å². The molecule has 0 bridgehead atoms. The third kappa shape index (κ3) is 3.80. The lowest BCUT2D eigenvalue weighted by atomic mass is 10.0. The molecule has 2 aromatic rings. The van der Waals surface area contributed by atoms with Gasteiger partial charge in [-0.3, -0.25) is 20.2 Å². The van der Waals surface area contributed by atoms with Crippen molar-refractivity contribution in [3.05, 3.63) is 62.8 Å². The standard InChI is InChI=1S/C13H8I2N2O6/c14-8-2-6(13(19)11(4-8)17(22)23)1-7-3-9(16(20)21)5-10(15)12(7)18/h2-5,18-19H,1H2. The number of halogens is 2. The molecule has 0 aliphatic rings. The van der Waals surface area contributed by atoms with E-state index in [1.165, 1.54) is 24.3 Å². The van der Waals surface area contributed by atoms with Gasteiger partial charge < -0.3 is 10.2 Å². The van der Waals surface area contributed by atoms with E-state index < -0.39 is 21.3 Å². The van der Waals surface area contributed by atoms with Gasteiger partial charge >= 0.3 is 5.69 Å². The maximum Gasteiger partial charge on any atom is 0.312 e. The van der Waals surface area contributed by atoms with E-state index in [9.17, 15) is 30.4 Å². The summed E-state index contributed by atoms with van der Waals surface area (Å²) in [6.45, 7) is 0. The summed E-state index contributed by atoms with van der Waals surface area (Å²) in [6.07, 6.45) is -0.0764. The SMILES string of the molecule is O=[N+]([O-])c1cc(I)c(O)c(Cc2cc(I)cc([N+](=O)[O-])c2O)c1. The van der Waals surface area contributed by atoms with Crippen molar-refractivity contribution in [2.24, 2.45) is 0 Å². The quantitative estimate of drug-likeness (QED) is 0.345. The molecule has 23 heavy (non-hydrogen) atoms. The van der Waals surface area contributed by atoms with E-state index in [2.05, 4.69) is 0 Å². The zero-order chi connectivity index (χ0) is 17.3. The van der Waals surface area contributed by atoms with Crippen LogP contribution in [0.1, 0.15) is 11.1 Å². The highest BCUT2D eigenvalue weighted by atomic mass is 127. The average Bonchev–Trinajstić information content (AvgIpc) is 2.46. The second kappa shape index (κ2) is 6.82. The second-order valence-corrected chi connectivity index (χ2v) is 6.97. The third-order valence-electron chi connectivity index (χ3n) is 3.05. The summed E-state index contributed by atoms with van der Waals surface area (Å²) in [7, 11) is 0. The topological polar surface area (TPSA) is 127 Å². The second-order valence-electron chi connectivity index (χ2n) is 4.56. The molecule has 0 heterocycles. The summed E-state index contributed by atoms with van der Waals surface area (Å²) in [4.78, 5) is 20.6. The highest BCUT2D eigenvalue weighted by Gasteiger charge is 2.21. The van der Waals surface area contributed by atoms with Crippen LogP contribution >= 0.6 is 45.2 Å². The van der Waals surface area contributed by atoms with Crippen LogP contribution in [0.5, 0.6) is 11.5 Å². The Kier molecular flexibility index (Phi) is 5.23. The van der Waals surface area contributed by atoms with Crippen LogP contribution in [0.4, 0.5) is 11.4 Å². The van der Waals surface area contributed by atoms with E-state index in [1.54, 1.807) is 22.6 Å². The van der Waals surface area contributed by atoms with Crippen LogP contribution in [-0.4, -0.2) is 20.1 Å². The molecule has 8 nitrogen and oxygen atoms in total. The maximum atomic E-state index is 10.9. The summed E-state index contributed by atoms with van der Waals surface area (Å²) >= 11 is 3.63. The molecule has 0 saturated heterocycles. The number of aromatic hydroxyl groups is 2. The first-order chi connectivity index (χ1) is 10.7. The zero-order valence-corrected chi connectivity index (χ0v) is 15.5. The van der Waals surface area contributed by atoms with E-state index in [0.29, 0.717) is 3.57 Å². The minimum Gasteiger partial charge on any atom is -0.507 e. The Hall–Kier alpha value is -1.70. The Bertz CT molecular complexity index is 825. The summed E-state index contributed by atoms with van der Waals surface area (Å²) < 4.78 is 0.813. The van der Waals surface area contributed by atoms with Gasteiger partial charge in [0.15, 0.2) is 5.75 Å². The van der Waals surface area contributed by atoms with Crippen molar-refractivity contribution in [2.75, 3.05) is 0 Å². The summed E-state index contributed by atoms with van der Waals surface area (Å²) in [5, 5.41) is 41.9. The van der Waals surface area contributed by atoms with Gasteiger partial charge in [-0.25, -0.2) is 0 Å². The van der Waals surface area contributed by atoms with Crippen molar-refractivity contribution in [3.8, 4) is 11.5 Å². The minimum atomic E-state index is -0.710. The monoisotopic (exact) mass is 542 g/mol. The van der Waals surface area contributed by atoms with Gasteiger partial charge in [-0.15, -0.1) is 0 Å². The van der Waals surface area contributed by atoms with Gasteiger partial charge in [0.05, 0.1) is 13.4 Å². The highest BCUT2D eigenvalue weighted by molar-refractivity contribution is 14.1. The fourth-order valence-electron chi connectivity index (χ4n) is 2.00. The zero-order valence-electron chi connectivity index (χ0n) is 11.2.